The molecule has 0 spiro atoms. The second-order valence-electron chi connectivity index (χ2n) is 5.73. The van der Waals surface area contributed by atoms with Gasteiger partial charge in [-0.3, -0.25) is 0 Å². The number of amides is 1. The Kier molecular flexibility index (Phi) is 15.0. The first-order chi connectivity index (χ1) is 10.2. The smallest absolute Gasteiger partial charge is 0.407 e. The van der Waals surface area contributed by atoms with Gasteiger partial charge in [0, 0.05) is 6.54 Å². The van der Waals surface area contributed by atoms with Crippen LogP contribution in [0.15, 0.2) is 0 Å². The van der Waals surface area contributed by atoms with Crippen molar-refractivity contribution in [3.63, 3.8) is 0 Å². The van der Waals surface area contributed by atoms with Crippen LogP contribution in [0.5, 0.6) is 0 Å². The molecule has 1 amide bonds. The molecule has 0 bridgehead atoms. The molecule has 0 aromatic carbocycles. The van der Waals surface area contributed by atoms with Gasteiger partial charge in [0.05, 0.1) is 6.61 Å². The lowest BCUT2D eigenvalue weighted by atomic mass is 10.1. The maximum atomic E-state index is 11.4. The summed E-state index contributed by atoms with van der Waals surface area (Å²) in [5, 5.41) is 11.7. The molecular formula is C17H35NO3. The molecule has 0 rings (SSSR count). The molecule has 0 aliphatic heterocycles. The lowest BCUT2D eigenvalue weighted by Gasteiger charge is -2.13. The average molecular weight is 301 g/mol. The molecule has 0 fully saturated rings. The molecule has 0 heterocycles. The second-order valence-corrected chi connectivity index (χ2v) is 5.73. The van der Waals surface area contributed by atoms with Crippen LogP contribution in [0.3, 0.4) is 0 Å². The minimum Gasteiger partial charge on any atom is -0.444 e. The van der Waals surface area contributed by atoms with Crippen LogP contribution in [0.4, 0.5) is 4.79 Å². The van der Waals surface area contributed by atoms with E-state index in [1.54, 1.807) is 0 Å². The van der Waals surface area contributed by atoms with Crippen molar-refractivity contribution in [1.29, 1.82) is 0 Å². The maximum Gasteiger partial charge on any atom is 0.407 e. The summed E-state index contributed by atoms with van der Waals surface area (Å²) in [5.41, 5.74) is 0. The van der Waals surface area contributed by atoms with Gasteiger partial charge >= 0.3 is 6.09 Å². The number of ether oxygens (including phenoxy) is 1. The summed E-state index contributed by atoms with van der Waals surface area (Å²) < 4.78 is 5.04. The molecule has 1 atom stereocenters. The molecule has 0 aromatic heterocycles. The standard InChI is InChI=1S/C17H35NO3/c1-3-5-6-7-8-9-10-11-12-13-14-18-17(20)21-16(4-2)15-19/h16,19H,3-15H2,1-2H3,(H,18,20). The SMILES string of the molecule is CCCCCCCCCCCCNC(=O)OC(CC)CO. The molecule has 1 unspecified atom stereocenters. The van der Waals surface area contributed by atoms with E-state index in [-0.39, 0.29) is 12.7 Å². The van der Waals surface area contributed by atoms with Crippen LogP contribution in [0.1, 0.15) is 84.5 Å². The number of alkyl carbamates (subject to hydrolysis) is 1. The fourth-order valence-corrected chi connectivity index (χ4v) is 2.25. The minimum atomic E-state index is -0.410. The zero-order valence-corrected chi connectivity index (χ0v) is 14.0. The molecule has 4 nitrogen and oxygen atoms in total. The number of aliphatic hydroxyl groups excluding tert-OH is 1. The maximum absolute atomic E-state index is 11.4. The molecular weight excluding hydrogens is 266 g/mol. The largest absolute Gasteiger partial charge is 0.444 e. The highest BCUT2D eigenvalue weighted by molar-refractivity contribution is 5.67. The van der Waals surface area contributed by atoms with E-state index in [9.17, 15) is 4.79 Å². The third-order valence-corrected chi connectivity index (χ3v) is 3.73. The van der Waals surface area contributed by atoms with E-state index in [1.807, 2.05) is 6.92 Å². The highest BCUT2D eigenvalue weighted by Gasteiger charge is 2.09. The second kappa shape index (κ2) is 15.6. The quantitative estimate of drug-likeness (QED) is 0.467. The molecule has 21 heavy (non-hydrogen) atoms. The van der Waals surface area contributed by atoms with Gasteiger partial charge in [0.15, 0.2) is 0 Å². The molecule has 0 aliphatic rings. The van der Waals surface area contributed by atoms with Crippen LogP contribution < -0.4 is 5.32 Å². The Morgan fingerprint density at radius 1 is 0.952 bits per heavy atom. The summed E-state index contributed by atoms with van der Waals surface area (Å²) in [6.45, 7) is 4.69. The third-order valence-electron chi connectivity index (χ3n) is 3.73. The van der Waals surface area contributed by atoms with Crippen molar-refractivity contribution in [1.82, 2.24) is 5.32 Å². The van der Waals surface area contributed by atoms with Gasteiger partial charge in [-0.25, -0.2) is 4.79 Å². The van der Waals surface area contributed by atoms with Gasteiger partial charge in [0.25, 0.3) is 0 Å². The van der Waals surface area contributed by atoms with E-state index >= 15 is 0 Å². The van der Waals surface area contributed by atoms with Crippen molar-refractivity contribution < 1.29 is 14.6 Å². The number of hydrogen-bond donors (Lipinski definition) is 2. The summed E-state index contributed by atoms with van der Waals surface area (Å²) in [6.07, 6.45) is 12.7. The van der Waals surface area contributed by atoms with E-state index in [0.29, 0.717) is 13.0 Å². The van der Waals surface area contributed by atoms with Gasteiger partial charge in [-0.05, 0) is 12.8 Å². The van der Waals surface area contributed by atoms with Crippen molar-refractivity contribution in [3.8, 4) is 0 Å². The zero-order valence-electron chi connectivity index (χ0n) is 14.0. The zero-order chi connectivity index (χ0) is 15.8. The van der Waals surface area contributed by atoms with Crippen molar-refractivity contribution in [2.24, 2.45) is 0 Å². The highest BCUT2D eigenvalue weighted by atomic mass is 16.6. The Morgan fingerprint density at radius 3 is 1.95 bits per heavy atom. The highest BCUT2D eigenvalue weighted by Crippen LogP contribution is 2.10. The average Bonchev–Trinajstić information content (AvgIpc) is 2.50. The fraction of sp³-hybridized carbons (Fsp3) is 0.941. The molecule has 0 saturated heterocycles. The Balaban J connectivity index is 3.23. The van der Waals surface area contributed by atoms with Crippen molar-refractivity contribution in [2.75, 3.05) is 13.2 Å². The summed E-state index contributed by atoms with van der Waals surface area (Å²) in [7, 11) is 0. The Hall–Kier alpha value is -0.770. The summed E-state index contributed by atoms with van der Waals surface area (Å²) in [6, 6.07) is 0. The summed E-state index contributed by atoms with van der Waals surface area (Å²) in [4.78, 5) is 11.4. The topological polar surface area (TPSA) is 58.6 Å². The van der Waals surface area contributed by atoms with Crippen LogP contribution in [-0.2, 0) is 4.74 Å². The molecule has 126 valence electrons. The van der Waals surface area contributed by atoms with Crippen molar-refractivity contribution >= 4 is 6.09 Å². The number of carbonyl (C=O) groups excluding carboxylic acids is 1. The molecule has 0 aliphatic carbocycles. The van der Waals surface area contributed by atoms with E-state index in [4.69, 9.17) is 9.84 Å². The van der Waals surface area contributed by atoms with Crippen LogP contribution >= 0.6 is 0 Å². The van der Waals surface area contributed by atoms with E-state index in [0.717, 1.165) is 12.8 Å². The van der Waals surface area contributed by atoms with Crippen molar-refractivity contribution in [3.05, 3.63) is 0 Å². The number of unbranched alkanes of at least 4 members (excludes halogenated alkanes) is 9. The Bertz CT molecular complexity index is 230. The van der Waals surface area contributed by atoms with Crippen LogP contribution in [0.2, 0.25) is 0 Å². The van der Waals surface area contributed by atoms with Gasteiger partial charge in [-0.1, -0.05) is 71.6 Å². The molecule has 4 heteroatoms. The Morgan fingerprint density at radius 2 is 1.48 bits per heavy atom. The van der Waals surface area contributed by atoms with Gasteiger partial charge in [-0.15, -0.1) is 0 Å². The fourth-order valence-electron chi connectivity index (χ4n) is 2.25. The Labute approximate surface area is 130 Å². The number of rotatable bonds is 14. The number of aliphatic hydroxyl groups is 1. The normalized spacial score (nSPS) is 12.1. The molecule has 0 aromatic rings. The van der Waals surface area contributed by atoms with Gasteiger partial charge in [0.1, 0.15) is 6.10 Å². The van der Waals surface area contributed by atoms with E-state index in [1.165, 1.54) is 51.4 Å². The first-order valence-electron chi connectivity index (χ1n) is 8.79. The molecule has 0 radical (unpaired) electrons. The van der Waals surface area contributed by atoms with Crippen LogP contribution in [-0.4, -0.2) is 30.5 Å². The van der Waals surface area contributed by atoms with Crippen molar-refractivity contribution in [2.45, 2.75) is 90.6 Å². The summed E-state index contributed by atoms with van der Waals surface area (Å²) >= 11 is 0. The lowest BCUT2D eigenvalue weighted by Crippen LogP contribution is -2.31. The monoisotopic (exact) mass is 301 g/mol. The van der Waals surface area contributed by atoms with Gasteiger partial charge < -0.3 is 15.2 Å². The number of nitrogens with one attached hydrogen (secondary N) is 1. The predicted molar refractivity (Wildman–Crippen MR) is 87.5 cm³/mol. The van der Waals surface area contributed by atoms with Gasteiger partial charge in [0.2, 0.25) is 0 Å². The summed E-state index contributed by atoms with van der Waals surface area (Å²) in [5.74, 6) is 0. The van der Waals surface area contributed by atoms with Gasteiger partial charge in [-0.2, -0.15) is 0 Å². The molecule has 0 saturated carbocycles. The first-order valence-corrected chi connectivity index (χ1v) is 8.79. The third kappa shape index (κ3) is 13.9. The van der Waals surface area contributed by atoms with Crippen LogP contribution in [0, 0.1) is 0 Å². The molecule has 2 N–H and O–H groups in total. The van der Waals surface area contributed by atoms with E-state index < -0.39 is 6.09 Å². The number of carbonyl (C=O) groups is 1. The van der Waals surface area contributed by atoms with Crippen LogP contribution in [0.25, 0.3) is 0 Å². The predicted octanol–water partition coefficient (Wildman–Crippen LogP) is 4.40. The number of hydrogen-bond acceptors (Lipinski definition) is 3. The minimum absolute atomic E-state index is 0.109. The first kappa shape index (κ1) is 20.2. The van der Waals surface area contributed by atoms with E-state index in [2.05, 4.69) is 12.2 Å². The lowest BCUT2D eigenvalue weighted by molar-refractivity contribution is 0.0555.